The molecule has 0 N–H and O–H groups in total. The molecule has 6 nitrogen and oxygen atoms in total. The van der Waals surface area contributed by atoms with Crippen LogP contribution in [0.4, 0.5) is 0 Å². The van der Waals surface area contributed by atoms with Gasteiger partial charge in [-0.3, -0.25) is 19.3 Å². The number of hydrogen-bond donors (Lipinski definition) is 1. The summed E-state index contributed by atoms with van der Waals surface area (Å²) >= 11 is 3.97. The molecule has 3 rings (SSSR count). The first-order chi connectivity index (χ1) is 13.8. The zero-order valence-corrected chi connectivity index (χ0v) is 18.7. The van der Waals surface area contributed by atoms with Crippen LogP contribution in [0.3, 0.4) is 0 Å². The van der Waals surface area contributed by atoms with Crippen molar-refractivity contribution in [3.8, 4) is 5.75 Å². The summed E-state index contributed by atoms with van der Waals surface area (Å²) < 4.78 is 7.02. The fraction of sp³-hybridized carbons (Fsp3) is 0.455. The van der Waals surface area contributed by atoms with Gasteiger partial charge in [-0.15, -0.1) is 0 Å². The Labute approximate surface area is 178 Å². The van der Waals surface area contributed by atoms with Crippen LogP contribution >= 0.6 is 12.6 Å². The quantitative estimate of drug-likeness (QED) is 0.754. The second-order valence-electron chi connectivity index (χ2n) is 7.30. The minimum atomic E-state index is -0.288. The molecule has 7 heteroatoms. The zero-order valence-electron chi connectivity index (χ0n) is 17.8. The van der Waals surface area contributed by atoms with Gasteiger partial charge in [0, 0.05) is 19.3 Å². The van der Waals surface area contributed by atoms with Crippen molar-refractivity contribution in [1.29, 1.82) is 0 Å². The molecule has 29 heavy (non-hydrogen) atoms. The fourth-order valence-electron chi connectivity index (χ4n) is 3.33. The van der Waals surface area contributed by atoms with E-state index >= 15 is 0 Å². The van der Waals surface area contributed by atoms with Crippen LogP contribution in [0.25, 0.3) is 0 Å². The number of methoxy groups -OCH3 is 1. The van der Waals surface area contributed by atoms with Crippen LogP contribution in [-0.2, 0) is 0 Å². The van der Waals surface area contributed by atoms with Gasteiger partial charge in [0.25, 0.3) is 5.91 Å². The van der Waals surface area contributed by atoms with Gasteiger partial charge < -0.3 is 9.64 Å². The Morgan fingerprint density at radius 2 is 1.76 bits per heavy atom. The summed E-state index contributed by atoms with van der Waals surface area (Å²) in [6, 6.07) is 11.8. The van der Waals surface area contributed by atoms with Gasteiger partial charge in [0.1, 0.15) is 6.67 Å². The van der Waals surface area contributed by atoms with E-state index in [4.69, 9.17) is 4.74 Å². The Bertz CT molecular complexity index is 865. The number of ether oxygens (including phenoxy) is 1. The van der Waals surface area contributed by atoms with Crippen molar-refractivity contribution in [2.45, 2.75) is 44.9 Å². The molecule has 1 aromatic heterocycles. The second-order valence-corrected chi connectivity index (χ2v) is 8.33. The van der Waals surface area contributed by atoms with Crippen molar-refractivity contribution in [1.82, 2.24) is 9.58 Å². The topological polar surface area (TPSA) is 54.8 Å². The molecule has 0 bridgehead atoms. The number of amides is 1. The van der Waals surface area contributed by atoms with Crippen molar-refractivity contribution in [3.05, 3.63) is 64.1 Å². The second kappa shape index (κ2) is 10.4. The van der Waals surface area contributed by atoms with Gasteiger partial charge in [0.05, 0.1) is 13.2 Å². The molecule has 0 saturated carbocycles. The van der Waals surface area contributed by atoms with Gasteiger partial charge >= 0.3 is 0 Å². The average Bonchev–Trinajstić information content (AvgIpc) is 2.69. The Balaban J connectivity index is 0.000000687. The van der Waals surface area contributed by atoms with E-state index in [-0.39, 0.29) is 28.8 Å². The van der Waals surface area contributed by atoms with E-state index in [1.54, 1.807) is 22.8 Å². The van der Waals surface area contributed by atoms with Gasteiger partial charge in [-0.05, 0) is 17.2 Å². The Hall–Kier alpha value is -2.41. The number of benzene rings is 1. The highest BCUT2D eigenvalue weighted by atomic mass is 32.1. The summed E-state index contributed by atoms with van der Waals surface area (Å²) in [4.78, 5) is 26.4. The highest BCUT2D eigenvalue weighted by Gasteiger charge is 2.34. The van der Waals surface area contributed by atoms with Crippen LogP contribution in [0.1, 0.15) is 55.7 Å². The van der Waals surface area contributed by atoms with E-state index in [2.05, 4.69) is 36.7 Å². The van der Waals surface area contributed by atoms with Crippen LogP contribution < -0.4 is 15.2 Å². The lowest BCUT2D eigenvalue weighted by molar-refractivity contribution is 0.0721. The molecule has 158 valence electrons. The van der Waals surface area contributed by atoms with E-state index in [1.807, 2.05) is 32.0 Å². The minimum Gasteiger partial charge on any atom is -0.491 e. The van der Waals surface area contributed by atoms with E-state index in [1.165, 1.54) is 18.7 Å². The van der Waals surface area contributed by atoms with Crippen molar-refractivity contribution >= 4 is 18.5 Å². The molecule has 1 aromatic carbocycles. The highest BCUT2D eigenvalue weighted by molar-refractivity contribution is 7.80. The largest absolute Gasteiger partial charge is 0.491 e. The van der Waals surface area contributed by atoms with Crippen molar-refractivity contribution < 1.29 is 9.53 Å². The maximum Gasteiger partial charge on any atom is 0.277 e. The molecule has 2 aromatic rings. The van der Waals surface area contributed by atoms with E-state index in [0.717, 1.165) is 12.8 Å². The van der Waals surface area contributed by atoms with E-state index < -0.39 is 0 Å². The molecule has 1 atom stereocenters. The summed E-state index contributed by atoms with van der Waals surface area (Å²) in [6.45, 7) is 6.64. The maximum absolute atomic E-state index is 12.7. The lowest BCUT2D eigenvalue weighted by Crippen LogP contribution is -2.54. The molecule has 1 aliphatic rings. The molecule has 0 radical (unpaired) electrons. The van der Waals surface area contributed by atoms with Crippen molar-refractivity contribution in [2.24, 2.45) is 0 Å². The number of hydrogen-bond acceptors (Lipinski definition) is 5. The molecule has 0 saturated heterocycles. The van der Waals surface area contributed by atoms with Crippen LogP contribution in [0.15, 0.2) is 47.4 Å². The third-order valence-corrected chi connectivity index (χ3v) is 4.53. The smallest absolute Gasteiger partial charge is 0.277 e. The Kier molecular flexibility index (Phi) is 8.20. The van der Waals surface area contributed by atoms with Gasteiger partial charge in [-0.2, -0.15) is 12.6 Å². The molecule has 0 aliphatic carbocycles. The third-order valence-electron chi connectivity index (χ3n) is 4.53. The maximum atomic E-state index is 12.7. The lowest BCUT2D eigenvalue weighted by atomic mass is 10.0. The Morgan fingerprint density at radius 1 is 1.14 bits per heavy atom. The summed E-state index contributed by atoms with van der Waals surface area (Å²) in [7, 11) is 3.16. The van der Waals surface area contributed by atoms with Gasteiger partial charge in [0.15, 0.2) is 11.4 Å². The predicted molar refractivity (Wildman–Crippen MR) is 121 cm³/mol. The third kappa shape index (κ3) is 5.35. The number of rotatable bonds is 5. The first-order valence-corrected chi connectivity index (χ1v) is 10.4. The number of nitrogens with zero attached hydrogens (tertiary/aromatic N) is 3. The average molecular weight is 418 g/mol. The van der Waals surface area contributed by atoms with Gasteiger partial charge in [-0.1, -0.05) is 57.5 Å². The Morgan fingerprint density at radius 3 is 2.31 bits per heavy atom. The number of thiol groups is 1. The van der Waals surface area contributed by atoms with Gasteiger partial charge in [0.2, 0.25) is 5.43 Å². The summed E-state index contributed by atoms with van der Waals surface area (Å²) in [5.74, 6) is -0.124. The fourth-order valence-corrected chi connectivity index (χ4v) is 3.33. The lowest BCUT2D eigenvalue weighted by Gasteiger charge is -2.43. The van der Waals surface area contributed by atoms with E-state index in [9.17, 15) is 9.59 Å². The summed E-state index contributed by atoms with van der Waals surface area (Å²) in [5.41, 5.74) is 1.17. The minimum absolute atomic E-state index is 0.0901. The van der Waals surface area contributed by atoms with Crippen LogP contribution in [0.2, 0.25) is 0 Å². The number of fused-ring (bicyclic) bond motifs is 1. The van der Waals surface area contributed by atoms with Crippen molar-refractivity contribution in [3.63, 3.8) is 0 Å². The number of pyridine rings is 1. The van der Waals surface area contributed by atoms with E-state index in [0.29, 0.717) is 11.9 Å². The molecule has 2 heterocycles. The van der Waals surface area contributed by atoms with Crippen molar-refractivity contribution in [2.75, 3.05) is 25.8 Å². The number of aromatic nitrogens is 1. The summed E-state index contributed by atoms with van der Waals surface area (Å²) in [6.07, 6.45) is 3.59. The first-order valence-electron chi connectivity index (χ1n) is 9.86. The van der Waals surface area contributed by atoms with Crippen LogP contribution in [-0.4, -0.2) is 41.6 Å². The molecule has 0 fully saturated rings. The number of carbonyl (C=O) groups excluding carboxylic acids is 1. The standard InChI is InChI=1S/C19H23N3O3.C3H8S/c1-4-8-15(14-9-6-5-7-10-14)22-13-20(2)19(24)17-18(25-3)16(23)11-12-21(17)22;1-3(2)4/h5-7,9-12,15H,4,8,13H2,1-3H3;3-4H,1-2H3. The first kappa shape index (κ1) is 22.9. The van der Waals surface area contributed by atoms with Gasteiger partial charge in [-0.25, -0.2) is 0 Å². The molecule has 1 amide bonds. The molecule has 1 aliphatic heterocycles. The van der Waals surface area contributed by atoms with Crippen LogP contribution in [0, 0.1) is 0 Å². The van der Waals surface area contributed by atoms with Crippen LogP contribution in [0.5, 0.6) is 5.75 Å². The molecule has 0 spiro atoms. The monoisotopic (exact) mass is 417 g/mol. The SMILES string of the molecule is CC(C)S.CCCC(c1ccccc1)N1CN(C)C(=O)c2c(OC)c(=O)ccn21. The molecular formula is C22H31N3O3S. The summed E-state index contributed by atoms with van der Waals surface area (Å²) in [5, 5.41) is 2.64. The highest BCUT2D eigenvalue weighted by Crippen LogP contribution is 2.29. The molecular weight excluding hydrogens is 386 g/mol. The zero-order chi connectivity index (χ0) is 21.6. The number of carbonyl (C=O) groups is 1. The predicted octanol–water partition coefficient (Wildman–Crippen LogP) is 3.70. The molecule has 1 unspecified atom stereocenters. The normalized spacial score (nSPS) is 14.2.